The Balaban J connectivity index is 2.56. The Kier molecular flexibility index (Phi) is 3.44. The Morgan fingerprint density at radius 3 is 2.83 bits per heavy atom. The third kappa shape index (κ3) is 1.78. The average Bonchev–Trinajstić information content (AvgIpc) is 2.34. The van der Waals surface area contributed by atoms with E-state index in [9.17, 15) is 5.11 Å². The van der Waals surface area contributed by atoms with E-state index < -0.39 is 5.60 Å². The molecule has 0 aromatic heterocycles. The van der Waals surface area contributed by atoms with E-state index in [1.54, 1.807) is 0 Å². The molecule has 1 aliphatic rings. The van der Waals surface area contributed by atoms with Crippen molar-refractivity contribution in [3.8, 4) is 0 Å². The van der Waals surface area contributed by atoms with E-state index >= 15 is 0 Å². The van der Waals surface area contributed by atoms with Gasteiger partial charge in [-0.15, -0.1) is 0 Å². The van der Waals surface area contributed by atoms with Gasteiger partial charge in [-0.1, -0.05) is 13.8 Å². The van der Waals surface area contributed by atoms with E-state index in [2.05, 4.69) is 26.1 Å². The molecule has 1 fully saturated rings. The molecule has 72 valence electrons. The fourth-order valence-electron chi connectivity index (χ4n) is 1.72. The summed E-state index contributed by atoms with van der Waals surface area (Å²) in [5.74, 6) is 2.38. The van der Waals surface area contributed by atoms with Gasteiger partial charge in [0.2, 0.25) is 0 Å². The number of nitrogens with one attached hydrogen (secondary N) is 1. The second kappa shape index (κ2) is 3.99. The average molecular weight is 189 g/mol. The van der Waals surface area contributed by atoms with Gasteiger partial charge in [0.25, 0.3) is 0 Å². The van der Waals surface area contributed by atoms with Gasteiger partial charge in [-0.2, -0.15) is 11.8 Å². The van der Waals surface area contributed by atoms with Crippen LogP contribution in [0.3, 0.4) is 0 Å². The smallest absolute Gasteiger partial charge is 0.0920 e. The Morgan fingerprint density at radius 2 is 2.42 bits per heavy atom. The normalized spacial score (nSPS) is 38.5. The first kappa shape index (κ1) is 10.4. The highest BCUT2D eigenvalue weighted by Gasteiger charge is 2.42. The van der Waals surface area contributed by atoms with Gasteiger partial charge in [-0.25, -0.2) is 0 Å². The monoisotopic (exact) mass is 189 g/mol. The van der Waals surface area contributed by atoms with Crippen LogP contribution in [0.5, 0.6) is 0 Å². The zero-order valence-electron chi connectivity index (χ0n) is 8.13. The third-order valence-corrected chi connectivity index (χ3v) is 4.22. The molecule has 0 saturated carbocycles. The molecule has 1 heterocycles. The van der Waals surface area contributed by atoms with Crippen LogP contribution in [0.2, 0.25) is 0 Å². The van der Waals surface area contributed by atoms with E-state index in [1.807, 2.05) is 11.8 Å². The lowest BCUT2D eigenvalue weighted by Gasteiger charge is -2.33. The summed E-state index contributed by atoms with van der Waals surface area (Å²) in [6.45, 7) is 7.22. The van der Waals surface area contributed by atoms with Crippen molar-refractivity contribution in [2.45, 2.75) is 32.4 Å². The molecule has 0 aromatic carbocycles. The van der Waals surface area contributed by atoms with E-state index in [1.165, 1.54) is 0 Å². The molecule has 2 N–H and O–H groups in total. The SMILES string of the molecule is CCNC(C)C1(O)CSCC1C. The number of aliphatic hydroxyl groups is 1. The predicted molar refractivity (Wildman–Crippen MR) is 54.6 cm³/mol. The molecule has 3 atom stereocenters. The van der Waals surface area contributed by atoms with Crippen molar-refractivity contribution in [3.05, 3.63) is 0 Å². The zero-order chi connectivity index (χ0) is 9.19. The lowest BCUT2D eigenvalue weighted by Crippen LogP contribution is -2.52. The van der Waals surface area contributed by atoms with Gasteiger partial charge in [0.1, 0.15) is 0 Å². The van der Waals surface area contributed by atoms with Crippen LogP contribution in [0, 0.1) is 5.92 Å². The molecule has 0 aromatic rings. The van der Waals surface area contributed by atoms with Crippen LogP contribution < -0.4 is 5.32 Å². The highest BCUT2D eigenvalue weighted by Crippen LogP contribution is 2.35. The minimum atomic E-state index is -0.485. The fourth-order valence-corrected chi connectivity index (χ4v) is 3.34. The predicted octanol–water partition coefficient (Wildman–Crippen LogP) is 1.10. The summed E-state index contributed by atoms with van der Waals surface area (Å²) in [5.41, 5.74) is -0.485. The maximum absolute atomic E-state index is 10.3. The number of likely N-dealkylation sites (N-methyl/N-ethyl adjacent to an activating group) is 1. The molecule has 3 heteroatoms. The summed E-state index contributed by atoms with van der Waals surface area (Å²) in [7, 11) is 0. The van der Waals surface area contributed by atoms with Gasteiger partial charge in [0, 0.05) is 11.8 Å². The fraction of sp³-hybridized carbons (Fsp3) is 1.00. The standard InChI is InChI=1S/C9H19NOS/c1-4-10-8(3)9(11)6-12-5-7(9)2/h7-8,10-11H,4-6H2,1-3H3. The van der Waals surface area contributed by atoms with Crippen molar-refractivity contribution < 1.29 is 5.11 Å². The first-order chi connectivity index (χ1) is 5.61. The van der Waals surface area contributed by atoms with Crippen LogP contribution in [0.15, 0.2) is 0 Å². The minimum absolute atomic E-state index is 0.215. The van der Waals surface area contributed by atoms with Gasteiger partial charge in [-0.3, -0.25) is 0 Å². The molecule has 0 radical (unpaired) electrons. The third-order valence-electron chi connectivity index (χ3n) is 2.81. The van der Waals surface area contributed by atoms with Crippen LogP contribution in [0.25, 0.3) is 0 Å². The summed E-state index contributed by atoms with van der Waals surface area (Å²) in [5, 5.41) is 13.6. The van der Waals surface area contributed by atoms with E-state index in [4.69, 9.17) is 0 Å². The van der Waals surface area contributed by atoms with Gasteiger partial charge in [0.05, 0.1) is 5.60 Å². The summed E-state index contributed by atoms with van der Waals surface area (Å²) in [6.07, 6.45) is 0. The second-order valence-corrected chi connectivity index (χ2v) is 4.72. The van der Waals surface area contributed by atoms with Crippen LogP contribution in [-0.4, -0.2) is 34.8 Å². The van der Waals surface area contributed by atoms with Crippen molar-refractivity contribution in [2.24, 2.45) is 5.92 Å². The first-order valence-corrected chi connectivity index (χ1v) is 5.80. The van der Waals surface area contributed by atoms with Gasteiger partial charge in [0.15, 0.2) is 0 Å². The van der Waals surface area contributed by atoms with E-state index in [0.29, 0.717) is 5.92 Å². The summed E-state index contributed by atoms with van der Waals surface area (Å²) < 4.78 is 0. The molecule has 12 heavy (non-hydrogen) atoms. The van der Waals surface area contributed by atoms with Crippen LogP contribution in [-0.2, 0) is 0 Å². The maximum atomic E-state index is 10.3. The van der Waals surface area contributed by atoms with Crippen LogP contribution >= 0.6 is 11.8 Å². The summed E-state index contributed by atoms with van der Waals surface area (Å²) in [6, 6.07) is 0.215. The lowest BCUT2D eigenvalue weighted by molar-refractivity contribution is -0.00352. The molecule has 0 aliphatic carbocycles. The number of hydrogen-bond acceptors (Lipinski definition) is 3. The van der Waals surface area contributed by atoms with Gasteiger partial charge in [-0.05, 0) is 25.1 Å². The van der Waals surface area contributed by atoms with Gasteiger partial charge < -0.3 is 10.4 Å². The highest BCUT2D eigenvalue weighted by atomic mass is 32.2. The molecular formula is C9H19NOS. The van der Waals surface area contributed by atoms with Gasteiger partial charge >= 0.3 is 0 Å². The Labute approximate surface area is 79.1 Å². The number of hydrogen-bond donors (Lipinski definition) is 2. The van der Waals surface area contributed by atoms with E-state index in [-0.39, 0.29) is 6.04 Å². The second-order valence-electron chi connectivity index (χ2n) is 3.69. The molecule has 0 bridgehead atoms. The quantitative estimate of drug-likeness (QED) is 0.697. The van der Waals surface area contributed by atoms with Crippen LogP contribution in [0.4, 0.5) is 0 Å². The molecule has 1 rings (SSSR count). The van der Waals surface area contributed by atoms with E-state index in [0.717, 1.165) is 18.1 Å². The summed E-state index contributed by atoms with van der Waals surface area (Å²) >= 11 is 1.85. The lowest BCUT2D eigenvalue weighted by atomic mass is 9.86. The highest BCUT2D eigenvalue weighted by molar-refractivity contribution is 7.99. The number of rotatable bonds is 3. The number of thioether (sulfide) groups is 1. The Bertz CT molecular complexity index is 153. The Morgan fingerprint density at radius 1 is 1.75 bits per heavy atom. The zero-order valence-corrected chi connectivity index (χ0v) is 8.95. The van der Waals surface area contributed by atoms with Crippen molar-refractivity contribution >= 4 is 11.8 Å². The molecule has 0 amide bonds. The van der Waals surface area contributed by atoms with Crippen molar-refractivity contribution in [1.82, 2.24) is 5.32 Å². The maximum Gasteiger partial charge on any atom is 0.0920 e. The topological polar surface area (TPSA) is 32.3 Å². The first-order valence-electron chi connectivity index (χ1n) is 4.64. The van der Waals surface area contributed by atoms with Crippen molar-refractivity contribution in [1.29, 1.82) is 0 Å². The molecule has 0 spiro atoms. The molecular weight excluding hydrogens is 170 g/mol. The Hall–Kier alpha value is 0.270. The molecule has 3 unspecified atom stereocenters. The van der Waals surface area contributed by atoms with Crippen LogP contribution in [0.1, 0.15) is 20.8 Å². The van der Waals surface area contributed by atoms with Crippen molar-refractivity contribution in [3.63, 3.8) is 0 Å². The summed E-state index contributed by atoms with van der Waals surface area (Å²) in [4.78, 5) is 0. The minimum Gasteiger partial charge on any atom is -0.387 e. The van der Waals surface area contributed by atoms with Crippen molar-refractivity contribution in [2.75, 3.05) is 18.1 Å². The molecule has 1 aliphatic heterocycles. The molecule has 1 saturated heterocycles. The molecule has 2 nitrogen and oxygen atoms in total. The largest absolute Gasteiger partial charge is 0.387 e.